The van der Waals surface area contributed by atoms with Gasteiger partial charge in [0.1, 0.15) is 10.9 Å². The van der Waals surface area contributed by atoms with Crippen molar-refractivity contribution >= 4 is 45.7 Å². The molecule has 0 radical (unpaired) electrons. The lowest BCUT2D eigenvalue weighted by Gasteiger charge is -2.12. The molecule has 5 heteroatoms. The molecule has 0 aliphatic rings. The van der Waals surface area contributed by atoms with Crippen molar-refractivity contribution in [3.63, 3.8) is 0 Å². The van der Waals surface area contributed by atoms with Gasteiger partial charge in [-0.15, -0.1) is 0 Å². The van der Waals surface area contributed by atoms with Crippen molar-refractivity contribution in [1.82, 2.24) is 4.98 Å². The molecule has 0 saturated carbocycles. The number of hydrogen-bond donors (Lipinski definition) is 0. The lowest BCUT2D eigenvalue weighted by molar-refractivity contribution is 0.415. The molecule has 2 aromatic carbocycles. The maximum atomic E-state index is 6.54. The van der Waals surface area contributed by atoms with Gasteiger partial charge in [-0.3, -0.25) is 0 Å². The third-order valence-corrected chi connectivity index (χ3v) is 4.17. The van der Waals surface area contributed by atoms with Gasteiger partial charge in [0.05, 0.1) is 22.7 Å². The van der Waals surface area contributed by atoms with Crippen LogP contribution in [0.1, 0.15) is 0 Å². The maximum Gasteiger partial charge on any atom is 0.139 e. The third kappa shape index (κ3) is 2.55. The Morgan fingerprint density at radius 2 is 1.71 bits per heavy atom. The highest BCUT2D eigenvalue weighted by Gasteiger charge is 2.16. The maximum absolute atomic E-state index is 6.54. The van der Waals surface area contributed by atoms with E-state index in [4.69, 9.17) is 39.5 Å². The summed E-state index contributed by atoms with van der Waals surface area (Å²) < 4.78 is 5.23. The summed E-state index contributed by atoms with van der Waals surface area (Å²) in [6.45, 7) is 0. The Morgan fingerprint density at radius 1 is 1.00 bits per heavy atom. The van der Waals surface area contributed by atoms with Gasteiger partial charge in [0.15, 0.2) is 0 Å². The van der Waals surface area contributed by atoms with Crippen LogP contribution in [-0.2, 0) is 0 Å². The summed E-state index contributed by atoms with van der Waals surface area (Å²) in [5.74, 6) is 0.550. The van der Waals surface area contributed by atoms with Crippen LogP contribution in [0.4, 0.5) is 0 Å². The quantitative estimate of drug-likeness (QED) is 0.545. The second-order valence-electron chi connectivity index (χ2n) is 4.46. The minimum absolute atomic E-state index is 0.347. The lowest BCUT2D eigenvalue weighted by Crippen LogP contribution is -1.91. The molecule has 0 spiro atoms. The van der Waals surface area contributed by atoms with Gasteiger partial charge in [-0.05, 0) is 17.7 Å². The van der Waals surface area contributed by atoms with Gasteiger partial charge >= 0.3 is 0 Å². The summed E-state index contributed by atoms with van der Waals surface area (Å²) in [5.41, 5.74) is 2.25. The molecule has 0 N–H and O–H groups in total. The molecule has 0 amide bonds. The molecule has 0 aliphatic heterocycles. The number of ether oxygens (including phenoxy) is 1. The first-order valence-electron chi connectivity index (χ1n) is 6.19. The fourth-order valence-electron chi connectivity index (χ4n) is 2.21. The van der Waals surface area contributed by atoms with Crippen molar-refractivity contribution in [2.75, 3.05) is 7.11 Å². The standard InChI is InChI=1S/C16H10Cl3NO/c1-21-13-7-10-12(8-11(13)17)20-16(19)14(15(10)18)9-5-3-2-4-6-9/h2-8H,1H3. The first-order chi connectivity index (χ1) is 10.1. The van der Waals surface area contributed by atoms with Gasteiger partial charge < -0.3 is 4.74 Å². The van der Waals surface area contributed by atoms with Crippen LogP contribution in [0.5, 0.6) is 5.75 Å². The zero-order valence-electron chi connectivity index (χ0n) is 11.0. The summed E-state index contributed by atoms with van der Waals surface area (Å²) in [5, 5.41) is 2.10. The molecule has 3 aromatic rings. The van der Waals surface area contributed by atoms with E-state index < -0.39 is 0 Å². The molecule has 0 fully saturated rings. The van der Waals surface area contributed by atoms with Gasteiger partial charge in [0, 0.05) is 10.9 Å². The van der Waals surface area contributed by atoms with Crippen LogP contribution in [-0.4, -0.2) is 12.1 Å². The van der Waals surface area contributed by atoms with Crippen LogP contribution >= 0.6 is 34.8 Å². The molecule has 0 bridgehead atoms. The second kappa shape index (κ2) is 5.72. The van der Waals surface area contributed by atoms with E-state index in [9.17, 15) is 0 Å². The van der Waals surface area contributed by atoms with Crippen LogP contribution in [0.2, 0.25) is 15.2 Å². The van der Waals surface area contributed by atoms with Crippen LogP contribution in [0.3, 0.4) is 0 Å². The average Bonchev–Trinajstić information content (AvgIpc) is 2.48. The van der Waals surface area contributed by atoms with E-state index in [1.807, 2.05) is 30.3 Å². The Kier molecular flexibility index (Phi) is 3.94. The molecular formula is C16H10Cl3NO. The summed E-state index contributed by atoms with van der Waals surface area (Å²) in [4.78, 5) is 4.39. The van der Waals surface area contributed by atoms with Crippen LogP contribution in [0.15, 0.2) is 42.5 Å². The number of aromatic nitrogens is 1. The second-order valence-corrected chi connectivity index (χ2v) is 5.60. The molecule has 2 nitrogen and oxygen atoms in total. The number of methoxy groups -OCH3 is 1. The van der Waals surface area contributed by atoms with Crippen LogP contribution < -0.4 is 4.74 Å². The van der Waals surface area contributed by atoms with Crippen molar-refractivity contribution < 1.29 is 4.74 Å². The predicted molar refractivity (Wildman–Crippen MR) is 88.8 cm³/mol. The predicted octanol–water partition coefficient (Wildman–Crippen LogP) is 5.87. The number of fused-ring (bicyclic) bond motifs is 1. The number of hydrogen-bond acceptors (Lipinski definition) is 2. The average molecular weight is 339 g/mol. The first kappa shape index (κ1) is 14.5. The number of halogens is 3. The van der Waals surface area contributed by atoms with Gasteiger partial charge in [0.2, 0.25) is 0 Å². The monoisotopic (exact) mass is 337 g/mol. The Balaban J connectivity index is 2.35. The topological polar surface area (TPSA) is 22.1 Å². The van der Waals surface area contributed by atoms with E-state index in [1.165, 1.54) is 0 Å². The lowest BCUT2D eigenvalue weighted by atomic mass is 10.0. The van der Waals surface area contributed by atoms with Gasteiger partial charge in [-0.25, -0.2) is 4.98 Å². The van der Waals surface area contributed by atoms with Crippen molar-refractivity contribution in [2.45, 2.75) is 0 Å². The molecule has 0 aliphatic carbocycles. The van der Waals surface area contributed by atoms with Crippen LogP contribution in [0, 0.1) is 0 Å². The van der Waals surface area contributed by atoms with Crippen molar-refractivity contribution in [1.29, 1.82) is 0 Å². The number of nitrogens with zero attached hydrogens (tertiary/aromatic N) is 1. The number of pyridine rings is 1. The highest BCUT2D eigenvalue weighted by Crippen LogP contribution is 2.41. The van der Waals surface area contributed by atoms with Gasteiger partial charge in [-0.1, -0.05) is 65.1 Å². The highest BCUT2D eigenvalue weighted by molar-refractivity contribution is 6.42. The van der Waals surface area contributed by atoms with E-state index >= 15 is 0 Å². The zero-order valence-corrected chi connectivity index (χ0v) is 13.3. The van der Waals surface area contributed by atoms with Gasteiger partial charge in [0.25, 0.3) is 0 Å². The molecule has 0 saturated heterocycles. The Labute approximate surface area is 137 Å². The molecule has 106 valence electrons. The molecule has 3 rings (SSSR count). The van der Waals surface area contributed by atoms with E-state index in [1.54, 1.807) is 19.2 Å². The summed E-state index contributed by atoms with van der Waals surface area (Å²) in [6.07, 6.45) is 0. The van der Waals surface area contributed by atoms with E-state index in [0.29, 0.717) is 32.0 Å². The SMILES string of the molecule is COc1cc2c(Cl)c(-c3ccccc3)c(Cl)nc2cc1Cl. The normalized spacial score (nSPS) is 10.9. The molecule has 0 unspecified atom stereocenters. The fourth-order valence-corrected chi connectivity index (χ4v) is 3.13. The number of benzene rings is 2. The number of rotatable bonds is 2. The molecule has 0 atom stereocenters. The Hall–Kier alpha value is -1.48. The van der Waals surface area contributed by atoms with Crippen LogP contribution in [0.25, 0.3) is 22.0 Å². The van der Waals surface area contributed by atoms with Crippen molar-refractivity contribution in [2.24, 2.45) is 0 Å². The Morgan fingerprint density at radius 3 is 2.38 bits per heavy atom. The third-order valence-electron chi connectivity index (χ3n) is 3.21. The van der Waals surface area contributed by atoms with E-state index in [2.05, 4.69) is 4.98 Å². The first-order valence-corrected chi connectivity index (χ1v) is 7.33. The van der Waals surface area contributed by atoms with E-state index in [0.717, 1.165) is 10.9 Å². The van der Waals surface area contributed by atoms with Crippen molar-refractivity contribution in [3.8, 4) is 16.9 Å². The summed E-state index contributed by atoms with van der Waals surface area (Å²) >= 11 is 19.0. The Bertz CT molecular complexity index is 819. The molecule has 1 aromatic heterocycles. The molecular weight excluding hydrogens is 329 g/mol. The minimum Gasteiger partial charge on any atom is -0.495 e. The molecule has 1 heterocycles. The zero-order chi connectivity index (χ0) is 15.0. The summed E-state index contributed by atoms with van der Waals surface area (Å²) in [7, 11) is 1.56. The fraction of sp³-hybridized carbons (Fsp3) is 0.0625. The largest absolute Gasteiger partial charge is 0.495 e. The highest BCUT2D eigenvalue weighted by atomic mass is 35.5. The van der Waals surface area contributed by atoms with Gasteiger partial charge in [-0.2, -0.15) is 0 Å². The minimum atomic E-state index is 0.347. The van der Waals surface area contributed by atoms with Crippen molar-refractivity contribution in [3.05, 3.63) is 57.7 Å². The molecule has 21 heavy (non-hydrogen) atoms. The summed E-state index contributed by atoms with van der Waals surface area (Å²) in [6, 6.07) is 13.1. The van der Waals surface area contributed by atoms with E-state index in [-0.39, 0.29) is 0 Å². The smallest absolute Gasteiger partial charge is 0.139 e.